The van der Waals surface area contributed by atoms with Gasteiger partial charge in [-0.2, -0.15) is 0 Å². The van der Waals surface area contributed by atoms with E-state index in [1.54, 1.807) is 0 Å². The van der Waals surface area contributed by atoms with E-state index in [4.69, 9.17) is 0 Å². The molecule has 0 aliphatic heterocycles. The van der Waals surface area contributed by atoms with Gasteiger partial charge >= 0.3 is 0 Å². The van der Waals surface area contributed by atoms with Crippen molar-refractivity contribution in [1.29, 1.82) is 0 Å². The maximum Gasteiger partial charge on any atom is 0.123 e. The minimum absolute atomic E-state index is 0.335. The van der Waals surface area contributed by atoms with Crippen molar-refractivity contribution in [2.75, 3.05) is 6.54 Å². The van der Waals surface area contributed by atoms with Crippen LogP contribution in [0.1, 0.15) is 30.1 Å². The molecule has 0 saturated heterocycles. The monoisotopic (exact) mass is 235 g/mol. The van der Waals surface area contributed by atoms with Crippen LogP contribution in [0.25, 0.3) is 0 Å². The summed E-state index contributed by atoms with van der Waals surface area (Å²) in [5.41, 5.74) is 0. The largest absolute Gasteiger partial charge is 0.347 e. The number of H-pyrrole nitrogens is 1. The first-order valence-electron chi connectivity index (χ1n) is 5.65. The molecule has 16 heavy (non-hydrogen) atoms. The fraction of sp³-hybridized carbons (Fsp3) is 0.417. The summed E-state index contributed by atoms with van der Waals surface area (Å²) in [4.78, 5) is 8.94. The summed E-state index contributed by atoms with van der Waals surface area (Å²) in [6.07, 6.45) is 5.88. The Labute approximate surface area is 99.9 Å². The third kappa shape index (κ3) is 2.93. The van der Waals surface area contributed by atoms with Crippen molar-refractivity contribution in [2.45, 2.75) is 25.8 Å². The van der Waals surface area contributed by atoms with Crippen LogP contribution < -0.4 is 5.32 Å². The highest BCUT2D eigenvalue weighted by molar-refractivity contribution is 7.09. The number of nitrogens with one attached hydrogen (secondary N) is 2. The van der Waals surface area contributed by atoms with E-state index in [-0.39, 0.29) is 0 Å². The van der Waals surface area contributed by atoms with E-state index in [0.717, 1.165) is 25.2 Å². The Bertz CT molecular complexity index is 380. The van der Waals surface area contributed by atoms with Gasteiger partial charge in [0.25, 0.3) is 0 Å². The molecule has 86 valence electrons. The van der Waals surface area contributed by atoms with E-state index in [0.29, 0.717) is 6.04 Å². The van der Waals surface area contributed by atoms with E-state index in [1.165, 1.54) is 4.88 Å². The van der Waals surface area contributed by atoms with Gasteiger partial charge in [0.1, 0.15) is 5.82 Å². The second-order valence-electron chi connectivity index (χ2n) is 3.70. The van der Waals surface area contributed by atoms with Crippen LogP contribution in [0.5, 0.6) is 0 Å². The summed E-state index contributed by atoms with van der Waals surface area (Å²) in [5, 5.41) is 5.59. The summed E-state index contributed by atoms with van der Waals surface area (Å²) in [6.45, 7) is 3.09. The number of hydrogen-bond acceptors (Lipinski definition) is 3. The second-order valence-corrected chi connectivity index (χ2v) is 4.73. The Kier molecular flexibility index (Phi) is 4.13. The Morgan fingerprint density at radius 2 is 2.50 bits per heavy atom. The maximum atomic E-state index is 4.32. The highest BCUT2D eigenvalue weighted by atomic mass is 32.1. The van der Waals surface area contributed by atoms with E-state index < -0.39 is 0 Å². The van der Waals surface area contributed by atoms with Gasteiger partial charge in [0.15, 0.2) is 0 Å². The van der Waals surface area contributed by atoms with Gasteiger partial charge < -0.3 is 10.3 Å². The zero-order valence-electron chi connectivity index (χ0n) is 9.44. The Morgan fingerprint density at radius 3 is 3.12 bits per heavy atom. The maximum absolute atomic E-state index is 4.32. The fourth-order valence-electron chi connectivity index (χ4n) is 1.79. The molecule has 1 unspecified atom stereocenters. The molecule has 2 heterocycles. The SMILES string of the molecule is CCNC(CCc1cccs1)c1ncc[nH]1. The quantitative estimate of drug-likeness (QED) is 0.808. The number of thiophene rings is 1. The van der Waals surface area contributed by atoms with Crippen molar-refractivity contribution in [1.82, 2.24) is 15.3 Å². The molecule has 2 N–H and O–H groups in total. The number of rotatable bonds is 6. The Balaban J connectivity index is 1.93. The minimum Gasteiger partial charge on any atom is -0.347 e. The first-order chi connectivity index (χ1) is 7.90. The smallest absolute Gasteiger partial charge is 0.123 e. The van der Waals surface area contributed by atoms with Gasteiger partial charge in [0.05, 0.1) is 6.04 Å². The first kappa shape index (κ1) is 11.4. The number of aromatic amines is 1. The van der Waals surface area contributed by atoms with Gasteiger partial charge in [0.2, 0.25) is 0 Å². The third-order valence-corrected chi connectivity index (χ3v) is 3.50. The molecule has 0 spiro atoms. The molecular weight excluding hydrogens is 218 g/mol. The highest BCUT2D eigenvalue weighted by Gasteiger charge is 2.12. The van der Waals surface area contributed by atoms with Crippen LogP contribution in [0.15, 0.2) is 29.9 Å². The zero-order chi connectivity index (χ0) is 11.2. The third-order valence-electron chi connectivity index (χ3n) is 2.56. The molecule has 4 heteroatoms. The summed E-state index contributed by atoms with van der Waals surface area (Å²) < 4.78 is 0. The van der Waals surface area contributed by atoms with Crippen LogP contribution in [-0.4, -0.2) is 16.5 Å². The number of nitrogens with zero attached hydrogens (tertiary/aromatic N) is 1. The highest BCUT2D eigenvalue weighted by Crippen LogP contribution is 2.18. The molecule has 0 radical (unpaired) electrons. The molecule has 2 rings (SSSR count). The number of imidazole rings is 1. The van der Waals surface area contributed by atoms with Crippen molar-refractivity contribution >= 4 is 11.3 Å². The predicted molar refractivity (Wildman–Crippen MR) is 67.6 cm³/mol. The molecule has 0 amide bonds. The second kappa shape index (κ2) is 5.82. The van der Waals surface area contributed by atoms with Gasteiger partial charge in [-0.25, -0.2) is 4.98 Å². The van der Waals surface area contributed by atoms with Crippen LogP contribution in [0, 0.1) is 0 Å². The lowest BCUT2D eigenvalue weighted by Gasteiger charge is -2.14. The first-order valence-corrected chi connectivity index (χ1v) is 6.53. The van der Waals surface area contributed by atoms with Gasteiger partial charge in [-0.1, -0.05) is 13.0 Å². The molecule has 0 aliphatic rings. The lowest BCUT2D eigenvalue weighted by Crippen LogP contribution is -2.22. The molecule has 0 aliphatic carbocycles. The summed E-state index contributed by atoms with van der Waals surface area (Å²) in [7, 11) is 0. The predicted octanol–water partition coefficient (Wildman–Crippen LogP) is 2.75. The zero-order valence-corrected chi connectivity index (χ0v) is 10.3. The summed E-state index contributed by atoms with van der Waals surface area (Å²) in [6, 6.07) is 4.63. The number of aryl methyl sites for hydroxylation is 1. The van der Waals surface area contributed by atoms with Gasteiger partial charge in [-0.15, -0.1) is 11.3 Å². The normalized spacial score (nSPS) is 12.8. The molecule has 0 saturated carbocycles. The van der Waals surface area contributed by atoms with Crippen LogP contribution in [0.2, 0.25) is 0 Å². The van der Waals surface area contributed by atoms with E-state index in [2.05, 4.69) is 39.7 Å². The molecule has 2 aromatic rings. The van der Waals surface area contributed by atoms with E-state index in [1.807, 2.05) is 23.7 Å². The lowest BCUT2D eigenvalue weighted by molar-refractivity contribution is 0.496. The standard InChI is InChI=1S/C12H17N3S/c1-2-13-11(12-14-7-8-15-12)6-5-10-4-3-9-16-10/h3-4,7-9,11,13H,2,5-6H2,1H3,(H,14,15). The minimum atomic E-state index is 0.335. The molecule has 0 bridgehead atoms. The van der Waals surface area contributed by atoms with Crippen molar-refractivity contribution in [3.05, 3.63) is 40.6 Å². The van der Waals surface area contributed by atoms with Gasteiger partial charge in [0, 0.05) is 17.3 Å². The van der Waals surface area contributed by atoms with Gasteiger partial charge in [-0.05, 0) is 30.8 Å². The Hall–Kier alpha value is -1.13. The van der Waals surface area contributed by atoms with E-state index >= 15 is 0 Å². The molecular formula is C12H17N3S. The topological polar surface area (TPSA) is 40.7 Å². The lowest BCUT2D eigenvalue weighted by atomic mass is 10.1. The van der Waals surface area contributed by atoms with Crippen molar-refractivity contribution < 1.29 is 0 Å². The molecule has 1 atom stereocenters. The van der Waals surface area contributed by atoms with Crippen molar-refractivity contribution in [3.8, 4) is 0 Å². The number of aromatic nitrogens is 2. The van der Waals surface area contributed by atoms with Crippen LogP contribution in [0.4, 0.5) is 0 Å². The molecule has 0 aromatic carbocycles. The van der Waals surface area contributed by atoms with E-state index in [9.17, 15) is 0 Å². The molecule has 0 fully saturated rings. The van der Waals surface area contributed by atoms with Crippen molar-refractivity contribution in [2.24, 2.45) is 0 Å². The molecule has 3 nitrogen and oxygen atoms in total. The van der Waals surface area contributed by atoms with Crippen LogP contribution in [0.3, 0.4) is 0 Å². The average molecular weight is 235 g/mol. The average Bonchev–Trinajstić information content (AvgIpc) is 2.96. The summed E-state index contributed by atoms with van der Waals surface area (Å²) >= 11 is 1.82. The van der Waals surface area contributed by atoms with Crippen LogP contribution >= 0.6 is 11.3 Å². The number of hydrogen-bond donors (Lipinski definition) is 2. The van der Waals surface area contributed by atoms with Crippen molar-refractivity contribution in [3.63, 3.8) is 0 Å². The molecule has 2 aromatic heterocycles. The fourth-order valence-corrected chi connectivity index (χ4v) is 2.52. The Morgan fingerprint density at radius 1 is 1.56 bits per heavy atom. The van der Waals surface area contributed by atoms with Crippen LogP contribution in [-0.2, 0) is 6.42 Å². The summed E-state index contributed by atoms with van der Waals surface area (Å²) in [5.74, 6) is 1.04. The van der Waals surface area contributed by atoms with Gasteiger partial charge in [-0.3, -0.25) is 0 Å².